The summed E-state index contributed by atoms with van der Waals surface area (Å²) < 4.78 is 38.9. The fourth-order valence-corrected chi connectivity index (χ4v) is 6.24. The number of aromatic nitrogens is 1. The molecule has 9 nitrogen and oxygen atoms in total. The predicted octanol–water partition coefficient (Wildman–Crippen LogP) is 5.14. The lowest BCUT2D eigenvalue weighted by Crippen LogP contribution is -2.38. The first-order valence-electron chi connectivity index (χ1n) is 12.8. The molecule has 0 N–H and O–H groups in total. The summed E-state index contributed by atoms with van der Waals surface area (Å²) in [4.78, 5) is 22.6. The minimum Gasteiger partial charge on any atom is -0.493 e. The predicted molar refractivity (Wildman–Crippen MR) is 161 cm³/mol. The van der Waals surface area contributed by atoms with Crippen molar-refractivity contribution in [2.45, 2.75) is 38.5 Å². The van der Waals surface area contributed by atoms with Gasteiger partial charge in [0.2, 0.25) is 10.0 Å². The fraction of sp³-hybridized carbons (Fsp3) is 0.481. The van der Waals surface area contributed by atoms with Gasteiger partial charge < -0.3 is 14.4 Å². The number of unbranched alkanes of at least 4 members (excludes halogenated alkanes) is 1. The highest BCUT2D eigenvalue weighted by Gasteiger charge is 2.25. The number of benzene rings is 2. The Morgan fingerprint density at radius 1 is 0.949 bits per heavy atom. The zero-order valence-corrected chi connectivity index (χ0v) is 25.9. The van der Waals surface area contributed by atoms with Crippen molar-refractivity contribution < 1.29 is 22.7 Å². The van der Waals surface area contributed by atoms with Gasteiger partial charge in [0.05, 0.1) is 29.3 Å². The van der Waals surface area contributed by atoms with Crippen LogP contribution >= 0.6 is 23.7 Å². The van der Waals surface area contributed by atoms with Gasteiger partial charge in [0.15, 0.2) is 16.6 Å². The minimum absolute atomic E-state index is 0. The Bertz CT molecular complexity index is 1290. The summed E-state index contributed by atoms with van der Waals surface area (Å²) in [6.07, 6.45) is 1.69. The Morgan fingerprint density at radius 3 is 2.13 bits per heavy atom. The molecule has 3 rings (SSSR count). The number of carbonyl (C=O) groups excluding carboxylic acids is 1. The number of halogens is 1. The molecule has 0 bridgehead atoms. The van der Waals surface area contributed by atoms with E-state index in [9.17, 15) is 13.2 Å². The van der Waals surface area contributed by atoms with Crippen LogP contribution in [-0.4, -0.2) is 82.5 Å². The van der Waals surface area contributed by atoms with E-state index in [1.165, 1.54) is 27.8 Å². The number of ether oxygens (including phenoxy) is 2. The molecule has 1 aromatic heterocycles. The molecule has 3 aromatic rings. The van der Waals surface area contributed by atoms with Gasteiger partial charge in [-0.05, 0) is 43.8 Å². The second-order valence-electron chi connectivity index (χ2n) is 8.86. The van der Waals surface area contributed by atoms with Crippen LogP contribution in [0.3, 0.4) is 0 Å². The Kier molecular flexibility index (Phi) is 12.4. The Labute approximate surface area is 242 Å². The largest absolute Gasteiger partial charge is 0.493 e. The third-order valence-corrected chi connectivity index (χ3v) is 9.44. The summed E-state index contributed by atoms with van der Waals surface area (Å²) in [7, 11) is 1.11. The number of thiazole rings is 1. The first-order valence-corrected chi connectivity index (χ1v) is 15.1. The van der Waals surface area contributed by atoms with Crippen LogP contribution < -0.4 is 14.4 Å². The van der Waals surface area contributed by atoms with Crippen LogP contribution in [0.2, 0.25) is 0 Å². The number of anilines is 1. The smallest absolute Gasteiger partial charge is 0.260 e. The fourth-order valence-electron chi connectivity index (χ4n) is 4.03. The van der Waals surface area contributed by atoms with Gasteiger partial charge in [-0.15, -0.1) is 12.4 Å². The van der Waals surface area contributed by atoms with E-state index < -0.39 is 10.0 Å². The number of fused-ring (bicyclic) bond motifs is 1. The highest BCUT2D eigenvalue weighted by atomic mass is 35.5. The lowest BCUT2D eigenvalue weighted by molar-refractivity contribution is 0.0983. The summed E-state index contributed by atoms with van der Waals surface area (Å²) in [6, 6.07) is 9.82. The SMILES string of the molecule is CCCCN(C)S(=O)(=O)c1ccc(C(=O)N(CCN(CC)CC)c2nc3cc(OC)c(OC)cc3s2)cc1.Cl. The van der Waals surface area contributed by atoms with Crippen LogP contribution in [0.15, 0.2) is 41.3 Å². The lowest BCUT2D eigenvalue weighted by atomic mass is 10.2. The molecule has 2 aromatic carbocycles. The molecule has 0 saturated heterocycles. The number of likely N-dealkylation sites (N-methyl/N-ethyl adjacent to an activating group) is 1. The van der Waals surface area contributed by atoms with E-state index >= 15 is 0 Å². The highest BCUT2D eigenvalue weighted by Crippen LogP contribution is 2.37. The average molecular weight is 599 g/mol. The van der Waals surface area contributed by atoms with Gasteiger partial charge in [0, 0.05) is 44.4 Å². The Morgan fingerprint density at radius 2 is 1.56 bits per heavy atom. The van der Waals surface area contributed by atoms with E-state index in [1.807, 2.05) is 13.0 Å². The van der Waals surface area contributed by atoms with Crippen molar-refractivity contribution in [2.75, 3.05) is 58.9 Å². The summed E-state index contributed by atoms with van der Waals surface area (Å²) in [5.41, 5.74) is 1.11. The molecule has 12 heteroatoms. The molecule has 0 atom stereocenters. The molecule has 0 aliphatic heterocycles. The van der Waals surface area contributed by atoms with Gasteiger partial charge in [-0.3, -0.25) is 9.69 Å². The van der Waals surface area contributed by atoms with Gasteiger partial charge in [-0.1, -0.05) is 38.5 Å². The maximum atomic E-state index is 13.8. The summed E-state index contributed by atoms with van der Waals surface area (Å²) in [5, 5.41) is 0.559. The van der Waals surface area contributed by atoms with Gasteiger partial charge in [0.1, 0.15) is 0 Å². The van der Waals surface area contributed by atoms with Crippen molar-refractivity contribution >= 4 is 55.0 Å². The number of hydrogen-bond donors (Lipinski definition) is 0. The van der Waals surface area contributed by atoms with Crippen molar-refractivity contribution in [1.82, 2.24) is 14.2 Å². The topological polar surface area (TPSA) is 92.3 Å². The van der Waals surface area contributed by atoms with Gasteiger partial charge >= 0.3 is 0 Å². The number of amides is 1. The standard InChI is InChI=1S/C27H38N4O5S2.ClH/c1-7-10-15-29(4)38(33,34)21-13-11-20(12-14-21)26(32)31(17-16-30(8-2)9-3)27-28-22-18-23(35-5)24(36-6)19-25(22)37-27;/h11-14,18-19H,7-10,15-17H2,1-6H3;1H. The molecule has 1 amide bonds. The third-order valence-electron chi connectivity index (χ3n) is 6.53. The zero-order chi connectivity index (χ0) is 27.9. The van der Waals surface area contributed by atoms with E-state index in [2.05, 4.69) is 18.7 Å². The minimum atomic E-state index is -3.62. The summed E-state index contributed by atoms with van der Waals surface area (Å²) in [5.74, 6) is 0.925. The number of carbonyl (C=O) groups is 1. The first kappa shape index (κ1) is 32.8. The highest BCUT2D eigenvalue weighted by molar-refractivity contribution is 7.89. The van der Waals surface area contributed by atoms with Crippen LogP contribution in [0.25, 0.3) is 10.2 Å². The second kappa shape index (κ2) is 14.8. The molecule has 0 aliphatic rings. The monoisotopic (exact) mass is 598 g/mol. The Balaban J connectivity index is 0.00000533. The van der Waals surface area contributed by atoms with Crippen molar-refractivity contribution in [3.8, 4) is 11.5 Å². The molecule has 0 aliphatic carbocycles. The second-order valence-corrected chi connectivity index (χ2v) is 11.9. The van der Waals surface area contributed by atoms with Crippen LogP contribution in [0.5, 0.6) is 11.5 Å². The number of methoxy groups -OCH3 is 2. The average Bonchev–Trinajstić information content (AvgIpc) is 3.35. The van der Waals surface area contributed by atoms with Crippen LogP contribution in [0.1, 0.15) is 44.0 Å². The van der Waals surface area contributed by atoms with E-state index in [0.29, 0.717) is 47.3 Å². The van der Waals surface area contributed by atoms with E-state index in [0.717, 1.165) is 30.6 Å². The molecular formula is C27H39ClN4O5S2. The van der Waals surface area contributed by atoms with Crippen molar-refractivity contribution in [3.05, 3.63) is 42.0 Å². The molecule has 1 heterocycles. The van der Waals surface area contributed by atoms with Gasteiger partial charge in [-0.2, -0.15) is 0 Å². The van der Waals surface area contributed by atoms with E-state index in [-0.39, 0.29) is 23.2 Å². The first-order chi connectivity index (χ1) is 18.2. The molecule has 0 fully saturated rings. The summed E-state index contributed by atoms with van der Waals surface area (Å²) >= 11 is 1.40. The van der Waals surface area contributed by atoms with Crippen molar-refractivity contribution in [1.29, 1.82) is 0 Å². The van der Waals surface area contributed by atoms with Crippen molar-refractivity contribution in [3.63, 3.8) is 0 Å². The van der Waals surface area contributed by atoms with E-state index in [4.69, 9.17) is 14.5 Å². The van der Waals surface area contributed by atoms with Crippen molar-refractivity contribution in [2.24, 2.45) is 0 Å². The molecule has 0 spiro atoms. The number of hydrogen-bond acceptors (Lipinski definition) is 8. The quantitative estimate of drug-likeness (QED) is 0.253. The maximum Gasteiger partial charge on any atom is 0.260 e. The number of nitrogens with zero attached hydrogens (tertiary/aromatic N) is 4. The summed E-state index contributed by atoms with van der Waals surface area (Å²) in [6.45, 7) is 9.49. The van der Waals surface area contributed by atoms with Crippen LogP contribution in [0, 0.1) is 0 Å². The maximum absolute atomic E-state index is 13.8. The van der Waals surface area contributed by atoms with Gasteiger partial charge in [-0.25, -0.2) is 17.7 Å². The van der Waals surface area contributed by atoms with Crippen LogP contribution in [-0.2, 0) is 10.0 Å². The number of rotatable bonds is 14. The molecule has 39 heavy (non-hydrogen) atoms. The molecule has 0 unspecified atom stereocenters. The number of sulfonamides is 1. The van der Waals surface area contributed by atoms with E-state index in [1.54, 1.807) is 44.4 Å². The van der Waals surface area contributed by atoms with Crippen LogP contribution in [0.4, 0.5) is 5.13 Å². The molecular weight excluding hydrogens is 560 g/mol. The molecule has 0 saturated carbocycles. The molecule has 216 valence electrons. The van der Waals surface area contributed by atoms with Gasteiger partial charge in [0.25, 0.3) is 5.91 Å². The third kappa shape index (κ3) is 7.61. The molecule has 0 radical (unpaired) electrons. The lowest BCUT2D eigenvalue weighted by Gasteiger charge is -2.25. The normalized spacial score (nSPS) is 11.6. The Hall–Kier alpha value is -2.44. The zero-order valence-electron chi connectivity index (χ0n) is 23.5.